The van der Waals surface area contributed by atoms with E-state index in [2.05, 4.69) is 36.7 Å². The van der Waals surface area contributed by atoms with Crippen LogP contribution in [0.25, 0.3) is 0 Å². The third kappa shape index (κ3) is 5.62. The van der Waals surface area contributed by atoms with Crippen molar-refractivity contribution in [2.45, 2.75) is 27.2 Å². The van der Waals surface area contributed by atoms with Crippen LogP contribution in [0.1, 0.15) is 27.2 Å². The molecule has 0 aromatic heterocycles. The summed E-state index contributed by atoms with van der Waals surface area (Å²) in [4.78, 5) is 11.4. The topological polar surface area (TPSA) is 53.2 Å². The van der Waals surface area contributed by atoms with Gasteiger partial charge in [-0.25, -0.2) is 4.79 Å². The molecule has 1 atom stereocenters. The fourth-order valence-electron chi connectivity index (χ4n) is 1.53. The third-order valence-corrected chi connectivity index (χ3v) is 2.49. The summed E-state index contributed by atoms with van der Waals surface area (Å²) >= 11 is 0. The number of carbonyl (C=O) groups excluding carboxylic acids is 1. The van der Waals surface area contributed by atoms with Crippen molar-refractivity contribution >= 4 is 6.03 Å². The zero-order valence-electron chi connectivity index (χ0n) is 10.0. The second kappa shape index (κ2) is 5.35. The minimum absolute atomic E-state index is 0.0446. The van der Waals surface area contributed by atoms with E-state index in [0.717, 1.165) is 19.6 Å². The number of hydrogen-bond donors (Lipinski definition) is 3. The molecular formula is C11H23N3O. The lowest BCUT2D eigenvalue weighted by molar-refractivity contribution is 0.234. The molecule has 0 radical (unpaired) electrons. The minimum Gasteiger partial charge on any atom is -0.338 e. The van der Waals surface area contributed by atoms with E-state index in [-0.39, 0.29) is 11.4 Å². The van der Waals surface area contributed by atoms with Crippen LogP contribution in [0.3, 0.4) is 0 Å². The van der Waals surface area contributed by atoms with E-state index in [1.807, 2.05) is 0 Å². The Hall–Kier alpha value is -0.770. The molecule has 4 heteroatoms. The number of carbonyl (C=O) groups is 1. The average Bonchev–Trinajstić information content (AvgIpc) is 2.62. The molecule has 2 amide bonds. The SMILES string of the molecule is CC(C)(C)CNC(=O)NCC1CCNC1. The number of urea groups is 1. The lowest BCUT2D eigenvalue weighted by Gasteiger charge is -2.19. The Labute approximate surface area is 92.2 Å². The summed E-state index contributed by atoms with van der Waals surface area (Å²) in [5.74, 6) is 0.602. The van der Waals surface area contributed by atoms with Crippen LogP contribution in [0.5, 0.6) is 0 Å². The molecule has 4 nitrogen and oxygen atoms in total. The van der Waals surface area contributed by atoms with Crippen LogP contribution in [0, 0.1) is 11.3 Å². The van der Waals surface area contributed by atoms with Crippen molar-refractivity contribution in [2.75, 3.05) is 26.2 Å². The highest BCUT2D eigenvalue weighted by atomic mass is 16.2. The van der Waals surface area contributed by atoms with Crippen LogP contribution >= 0.6 is 0 Å². The van der Waals surface area contributed by atoms with Gasteiger partial charge in [0.1, 0.15) is 0 Å². The molecule has 0 aliphatic carbocycles. The molecule has 3 N–H and O–H groups in total. The Morgan fingerprint density at radius 2 is 2.13 bits per heavy atom. The Balaban J connectivity index is 2.08. The Morgan fingerprint density at radius 1 is 1.40 bits per heavy atom. The summed E-state index contributed by atoms with van der Waals surface area (Å²) in [6.07, 6.45) is 1.17. The van der Waals surface area contributed by atoms with E-state index < -0.39 is 0 Å². The van der Waals surface area contributed by atoms with Gasteiger partial charge in [-0.1, -0.05) is 20.8 Å². The van der Waals surface area contributed by atoms with Crippen molar-refractivity contribution in [3.63, 3.8) is 0 Å². The molecule has 0 bridgehead atoms. The maximum atomic E-state index is 11.4. The van der Waals surface area contributed by atoms with Gasteiger partial charge in [0.2, 0.25) is 0 Å². The van der Waals surface area contributed by atoms with E-state index in [0.29, 0.717) is 12.5 Å². The van der Waals surface area contributed by atoms with Crippen LogP contribution in [-0.4, -0.2) is 32.2 Å². The largest absolute Gasteiger partial charge is 0.338 e. The van der Waals surface area contributed by atoms with E-state index in [9.17, 15) is 4.79 Å². The molecule has 1 saturated heterocycles. The molecule has 1 unspecified atom stereocenters. The molecule has 0 aromatic carbocycles. The summed E-state index contributed by atoms with van der Waals surface area (Å²) in [6, 6.07) is -0.0446. The van der Waals surface area contributed by atoms with E-state index >= 15 is 0 Å². The standard InChI is InChI=1S/C11H23N3O/c1-11(2,3)8-14-10(15)13-7-9-4-5-12-6-9/h9,12H,4-8H2,1-3H3,(H2,13,14,15). The van der Waals surface area contributed by atoms with Gasteiger partial charge in [0, 0.05) is 13.1 Å². The van der Waals surface area contributed by atoms with Gasteiger partial charge in [-0.3, -0.25) is 0 Å². The van der Waals surface area contributed by atoms with Crippen molar-refractivity contribution < 1.29 is 4.79 Å². The fraction of sp³-hybridized carbons (Fsp3) is 0.909. The van der Waals surface area contributed by atoms with Crippen molar-refractivity contribution in [3.8, 4) is 0 Å². The van der Waals surface area contributed by atoms with Crippen LogP contribution in [0.4, 0.5) is 4.79 Å². The fourth-order valence-corrected chi connectivity index (χ4v) is 1.53. The first kappa shape index (κ1) is 12.3. The number of rotatable bonds is 3. The van der Waals surface area contributed by atoms with Gasteiger partial charge < -0.3 is 16.0 Å². The molecular weight excluding hydrogens is 190 g/mol. The van der Waals surface area contributed by atoms with Gasteiger partial charge in [0.05, 0.1) is 0 Å². The third-order valence-electron chi connectivity index (χ3n) is 2.49. The van der Waals surface area contributed by atoms with Crippen LogP contribution < -0.4 is 16.0 Å². The van der Waals surface area contributed by atoms with Crippen LogP contribution in [0.2, 0.25) is 0 Å². The zero-order valence-corrected chi connectivity index (χ0v) is 10.0. The van der Waals surface area contributed by atoms with Crippen LogP contribution in [0.15, 0.2) is 0 Å². The first-order chi connectivity index (χ1) is 6.97. The van der Waals surface area contributed by atoms with Crippen LogP contribution in [-0.2, 0) is 0 Å². The van der Waals surface area contributed by atoms with Gasteiger partial charge in [-0.05, 0) is 30.8 Å². The number of amides is 2. The quantitative estimate of drug-likeness (QED) is 0.653. The molecule has 0 aromatic rings. The first-order valence-electron chi connectivity index (χ1n) is 5.70. The van der Waals surface area contributed by atoms with E-state index in [1.165, 1.54) is 6.42 Å². The van der Waals surface area contributed by atoms with Gasteiger partial charge in [0.15, 0.2) is 0 Å². The Bertz CT molecular complexity index is 204. The monoisotopic (exact) mass is 213 g/mol. The van der Waals surface area contributed by atoms with Gasteiger partial charge in [-0.15, -0.1) is 0 Å². The maximum absolute atomic E-state index is 11.4. The van der Waals surface area contributed by atoms with Crippen molar-refractivity contribution in [1.82, 2.24) is 16.0 Å². The second-order valence-corrected chi connectivity index (χ2v) is 5.48. The van der Waals surface area contributed by atoms with Crippen molar-refractivity contribution in [1.29, 1.82) is 0 Å². The lowest BCUT2D eigenvalue weighted by Crippen LogP contribution is -2.41. The average molecular weight is 213 g/mol. The lowest BCUT2D eigenvalue weighted by atomic mass is 9.97. The van der Waals surface area contributed by atoms with Gasteiger partial charge in [-0.2, -0.15) is 0 Å². The maximum Gasteiger partial charge on any atom is 0.314 e. The predicted molar refractivity (Wildman–Crippen MR) is 61.8 cm³/mol. The summed E-state index contributed by atoms with van der Waals surface area (Å²) in [5.41, 5.74) is 0.145. The summed E-state index contributed by atoms with van der Waals surface area (Å²) in [7, 11) is 0. The Morgan fingerprint density at radius 3 is 2.67 bits per heavy atom. The molecule has 88 valence electrons. The highest BCUT2D eigenvalue weighted by Crippen LogP contribution is 2.10. The second-order valence-electron chi connectivity index (χ2n) is 5.48. The number of hydrogen-bond acceptors (Lipinski definition) is 2. The number of nitrogens with one attached hydrogen (secondary N) is 3. The minimum atomic E-state index is -0.0446. The smallest absolute Gasteiger partial charge is 0.314 e. The van der Waals surface area contributed by atoms with Crippen molar-refractivity contribution in [3.05, 3.63) is 0 Å². The summed E-state index contributed by atoms with van der Waals surface area (Å²) in [6.45, 7) is 9.91. The Kier molecular flexibility index (Phi) is 4.39. The normalized spacial score (nSPS) is 21.4. The first-order valence-corrected chi connectivity index (χ1v) is 5.70. The van der Waals surface area contributed by atoms with E-state index in [4.69, 9.17) is 0 Å². The summed E-state index contributed by atoms with van der Waals surface area (Å²) in [5, 5.41) is 9.06. The molecule has 1 rings (SSSR count). The molecule has 0 saturated carbocycles. The predicted octanol–water partition coefficient (Wildman–Crippen LogP) is 0.941. The molecule has 1 aliphatic heterocycles. The van der Waals surface area contributed by atoms with Crippen molar-refractivity contribution in [2.24, 2.45) is 11.3 Å². The summed E-state index contributed by atoms with van der Waals surface area (Å²) < 4.78 is 0. The van der Waals surface area contributed by atoms with E-state index in [1.54, 1.807) is 0 Å². The highest BCUT2D eigenvalue weighted by molar-refractivity contribution is 5.73. The molecule has 0 spiro atoms. The molecule has 1 heterocycles. The molecule has 1 aliphatic rings. The molecule has 15 heavy (non-hydrogen) atoms. The molecule has 1 fully saturated rings. The van der Waals surface area contributed by atoms with Gasteiger partial charge in [0.25, 0.3) is 0 Å². The highest BCUT2D eigenvalue weighted by Gasteiger charge is 2.16. The zero-order chi connectivity index (χ0) is 11.3. The van der Waals surface area contributed by atoms with Gasteiger partial charge >= 0.3 is 6.03 Å².